The molecule has 0 radical (unpaired) electrons. The predicted molar refractivity (Wildman–Crippen MR) is 79.7 cm³/mol. The lowest BCUT2D eigenvalue weighted by molar-refractivity contribution is -0.143. The minimum atomic E-state index is -1.50. The van der Waals surface area contributed by atoms with Crippen molar-refractivity contribution in [3.05, 3.63) is 0 Å². The van der Waals surface area contributed by atoms with Gasteiger partial charge in [0, 0.05) is 5.75 Å². The highest BCUT2D eigenvalue weighted by Crippen LogP contribution is 1.96. The summed E-state index contributed by atoms with van der Waals surface area (Å²) in [5.41, 5.74) is 5.02. The van der Waals surface area contributed by atoms with Crippen LogP contribution in [0.4, 0.5) is 0 Å². The molecule has 0 saturated heterocycles. The van der Waals surface area contributed by atoms with Gasteiger partial charge in [-0.05, 0) is 0 Å². The van der Waals surface area contributed by atoms with Crippen molar-refractivity contribution in [1.29, 1.82) is 0 Å². The first-order valence-electron chi connectivity index (χ1n) is 6.33. The molecule has 0 aromatic heterocycles. The van der Waals surface area contributed by atoms with Crippen LogP contribution in [0.5, 0.6) is 0 Å². The van der Waals surface area contributed by atoms with Gasteiger partial charge in [0.1, 0.15) is 12.1 Å². The van der Waals surface area contributed by atoms with Crippen LogP contribution in [-0.4, -0.2) is 70.8 Å². The summed E-state index contributed by atoms with van der Waals surface area (Å²) in [6.07, 6.45) is -0.763. The fourth-order valence-electron chi connectivity index (χ4n) is 1.34. The maximum atomic E-state index is 11.9. The van der Waals surface area contributed by atoms with E-state index in [-0.39, 0.29) is 12.3 Å². The van der Waals surface area contributed by atoms with E-state index in [0.717, 1.165) is 0 Å². The maximum absolute atomic E-state index is 11.9. The lowest BCUT2D eigenvalue weighted by atomic mass is 10.1. The van der Waals surface area contributed by atoms with E-state index in [1.807, 2.05) is 0 Å². The van der Waals surface area contributed by atoms with E-state index in [1.54, 1.807) is 0 Å². The molecule has 2 atom stereocenters. The number of hydrogen-bond acceptors (Lipinski definition) is 7. The van der Waals surface area contributed by atoms with Crippen molar-refractivity contribution in [2.24, 2.45) is 5.73 Å². The molecule has 0 rings (SSSR count). The van der Waals surface area contributed by atoms with Gasteiger partial charge in [-0.25, -0.2) is 4.79 Å². The molecule has 12 heteroatoms. The van der Waals surface area contributed by atoms with Gasteiger partial charge in [-0.1, -0.05) is 0 Å². The smallest absolute Gasteiger partial charge is 0.327 e. The van der Waals surface area contributed by atoms with Gasteiger partial charge in [0.25, 0.3) is 0 Å². The molecule has 0 saturated carbocycles. The van der Waals surface area contributed by atoms with Crippen molar-refractivity contribution in [2.45, 2.75) is 18.5 Å². The number of hydrogen-bond donors (Lipinski definition) is 7. The second-order valence-electron chi connectivity index (χ2n) is 4.28. The van der Waals surface area contributed by atoms with Crippen LogP contribution < -0.4 is 21.7 Å². The average Bonchev–Trinajstić information content (AvgIpc) is 2.48. The lowest BCUT2D eigenvalue weighted by Gasteiger charge is -2.19. The van der Waals surface area contributed by atoms with E-state index in [9.17, 15) is 24.0 Å². The molecule has 7 N–H and O–H groups in total. The van der Waals surface area contributed by atoms with Crippen molar-refractivity contribution < 1.29 is 34.2 Å². The zero-order valence-electron chi connectivity index (χ0n) is 11.9. The number of carbonyl (C=O) groups is 5. The quantitative estimate of drug-likeness (QED) is 0.198. The standard InChI is InChI=1S/C11H18N4O7S/c12-2-7(16)13-3-8(17)14-5(1-9(18)19)10(20)15-6(4-23)11(21)22/h5-6,23H,1-4,12H2,(H,13,16)(H,14,17)(H,15,20)(H,18,19)(H,21,22). The van der Waals surface area contributed by atoms with E-state index in [0.29, 0.717) is 0 Å². The van der Waals surface area contributed by atoms with Gasteiger partial charge in [-0.2, -0.15) is 12.6 Å². The van der Waals surface area contributed by atoms with Gasteiger partial charge >= 0.3 is 11.9 Å². The maximum Gasteiger partial charge on any atom is 0.327 e. The van der Waals surface area contributed by atoms with Gasteiger partial charge in [0.2, 0.25) is 17.7 Å². The first kappa shape index (κ1) is 20.7. The molecule has 0 heterocycles. The average molecular weight is 350 g/mol. The van der Waals surface area contributed by atoms with Crippen molar-refractivity contribution in [3.63, 3.8) is 0 Å². The topological polar surface area (TPSA) is 188 Å². The van der Waals surface area contributed by atoms with Gasteiger partial charge in [0.15, 0.2) is 0 Å². The summed E-state index contributed by atoms with van der Waals surface area (Å²) in [5.74, 6) is -5.39. The zero-order valence-corrected chi connectivity index (χ0v) is 12.8. The molecule has 23 heavy (non-hydrogen) atoms. The molecule has 0 aromatic rings. The highest BCUT2D eigenvalue weighted by atomic mass is 32.1. The van der Waals surface area contributed by atoms with Crippen LogP contribution in [0.1, 0.15) is 6.42 Å². The number of nitrogens with two attached hydrogens (primary N) is 1. The molecule has 11 nitrogen and oxygen atoms in total. The first-order chi connectivity index (χ1) is 10.7. The van der Waals surface area contributed by atoms with Crippen molar-refractivity contribution in [1.82, 2.24) is 16.0 Å². The number of rotatable bonds is 10. The van der Waals surface area contributed by atoms with Crippen LogP contribution in [0, 0.1) is 0 Å². The fraction of sp³-hybridized carbons (Fsp3) is 0.545. The number of nitrogens with one attached hydrogen (secondary N) is 3. The Balaban J connectivity index is 4.76. The Morgan fingerprint density at radius 3 is 2.04 bits per heavy atom. The molecule has 0 aliphatic rings. The fourth-order valence-corrected chi connectivity index (χ4v) is 1.59. The SMILES string of the molecule is NCC(=O)NCC(=O)NC(CC(=O)O)C(=O)NC(CS)C(=O)O. The lowest BCUT2D eigenvalue weighted by Crippen LogP contribution is -2.54. The van der Waals surface area contributed by atoms with E-state index in [2.05, 4.69) is 28.6 Å². The molecule has 0 aliphatic heterocycles. The largest absolute Gasteiger partial charge is 0.481 e. The number of thiol groups is 1. The monoisotopic (exact) mass is 350 g/mol. The van der Waals surface area contributed by atoms with Crippen LogP contribution in [0.2, 0.25) is 0 Å². The van der Waals surface area contributed by atoms with Gasteiger partial charge in [0.05, 0.1) is 19.5 Å². The highest BCUT2D eigenvalue weighted by molar-refractivity contribution is 7.80. The van der Waals surface area contributed by atoms with Crippen LogP contribution >= 0.6 is 12.6 Å². The second kappa shape index (κ2) is 10.4. The van der Waals surface area contributed by atoms with Gasteiger partial charge < -0.3 is 31.9 Å². The summed E-state index contributed by atoms with van der Waals surface area (Å²) in [6, 6.07) is -2.84. The number of carboxylic acid groups (broad SMARTS) is 2. The third kappa shape index (κ3) is 8.63. The summed E-state index contributed by atoms with van der Waals surface area (Å²) in [7, 11) is 0. The van der Waals surface area contributed by atoms with Gasteiger partial charge in [-0.15, -0.1) is 0 Å². The normalized spacial score (nSPS) is 12.6. The van der Waals surface area contributed by atoms with Crippen molar-refractivity contribution >= 4 is 42.3 Å². The van der Waals surface area contributed by atoms with Crippen molar-refractivity contribution in [2.75, 3.05) is 18.8 Å². The summed E-state index contributed by atoms with van der Waals surface area (Å²) in [6.45, 7) is -0.844. The van der Waals surface area contributed by atoms with Crippen molar-refractivity contribution in [3.8, 4) is 0 Å². The van der Waals surface area contributed by atoms with Crippen LogP contribution in [0.3, 0.4) is 0 Å². The number of carbonyl (C=O) groups excluding carboxylic acids is 3. The minimum Gasteiger partial charge on any atom is -0.481 e. The molecule has 0 aromatic carbocycles. The van der Waals surface area contributed by atoms with Crippen LogP contribution in [0.15, 0.2) is 0 Å². The molecule has 0 fully saturated rings. The third-order valence-corrected chi connectivity index (χ3v) is 2.82. The Morgan fingerprint density at radius 2 is 1.61 bits per heavy atom. The first-order valence-corrected chi connectivity index (χ1v) is 6.96. The Labute approximate surface area is 136 Å². The molecule has 0 spiro atoms. The Morgan fingerprint density at radius 1 is 1.00 bits per heavy atom. The van der Waals surface area contributed by atoms with Crippen LogP contribution in [-0.2, 0) is 24.0 Å². The summed E-state index contributed by atoms with van der Waals surface area (Å²) in [5, 5.41) is 23.8. The van der Waals surface area contributed by atoms with E-state index >= 15 is 0 Å². The summed E-state index contributed by atoms with van der Waals surface area (Å²) in [4.78, 5) is 55.9. The molecule has 130 valence electrons. The summed E-state index contributed by atoms with van der Waals surface area (Å²) >= 11 is 3.75. The molecular formula is C11H18N4O7S. The van der Waals surface area contributed by atoms with E-state index in [4.69, 9.17) is 15.9 Å². The minimum absolute atomic E-state index is 0.221. The molecule has 0 bridgehead atoms. The van der Waals surface area contributed by atoms with Crippen LogP contribution in [0.25, 0.3) is 0 Å². The zero-order chi connectivity index (χ0) is 18.0. The number of carboxylic acids is 2. The molecule has 0 aliphatic carbocycles. The Kier molecular flexibility index (Phi) is 9.34. The molecule has 3 amide bonds. The third-order valence-electron chi connectivity index (χ3n) is 2.46. The van der Waals surface area contributed by atoms with E-state index < -0.39 is 54.7 Å². The predicted octanol–water partition coefficient (Wildman–Crippen LogP) is -3.48. The van der Waals surface area contributed by atoms with E-state index in [1.165, 1.54) is 0 Å². The molecular weight excluding hydrogens is 332 g/mol. The molecule has 2 unspecified atom stereocenters. The summed E-state index contributed by atoms with van der Waals surface area (Å²) < 4.78 is 0. The Hall–Kier alpha value is -2.34. The number of amides is 3. The second-order valence-corrected chi connectivity index (χ2v) is 4.65. The number of aliphatic carboxylic acids is 2. The highest BCUT2D eigenvalue weighted by Gasteiger charge is 2.27. The van der Waals surface area contributed by atoms with Gasteiger partial charge in [-0.3, -0.25) is 19.2 Å². The Bertz CT molecular complexity index is 485.